The molecule has 0 aliphatic rings. The highest BCUT2D eigenvalue weighted by Gasteiger charge is 2.74. The number of carboxylic acid groups (broad SMARTS) is 2. The van der Waals surface area contributed by atoms with E-state index in [0.717, 1.165) is 11.0 Å². The molecule has 5 N–H and O–H groups in total. The molecule has 0 saturated heterocycles. The Morgan fingerprint density at radius 1 is 0.948 bits per heavy atom. The predicted octanol–water partition coefficient (Wildman–Crippen LogP) is 5.68. The molecule has 0 spiro atoms. The van der Waals surface area contributed by atoms with Crippen LogP contribution in [0.2, 0.25) is 0 Å². The van der Waals surface area contributed by atoms with Crippen LogP contribution in [0.5, 0.6) is 0 Å². The molecular formula is C43H56FN5O9. The molecule has 0 unspecified atom stereocenters. The number of fused-ring (bicyclic) bond motifs is 1. The summed E-state index contributed by atoms with van der Waals surface area (Å²) >= 11 is 0. The van der Waals surface area contributed by atoms with Gasteiger partial charge in [0.15, 0.2) is 5.54 Å². The first kappa shape index (κ1) is 46.8. The smallest absolute Gasteiger partial charge is 0.330 e. The lowest BCUT2D eigenvalue weighted by atomic mass is 9.40. The maximum Gasteiger partial charge on any atom is 0.330 e. The van der Waals surface area contributed by atoms with Crippen LogP contribution >= 0.6 is 0 Å². The van der Waals surface area contributed by atoms with Gasteiger partial charge < -0.3 is 35.5 Å². The van der Waals surface area contributed by atoms with Crippen molar-refractivity contribution < 1.29 is 43.3 Å². The number of hydrogen-bond acceptors (Lipinski definition) is 10. The van der Waals surface area contributed by atoms with Gasteiger partial charge in [-0.05, 0) is 65.5 Å². The Morgan fingerprint density at radius 3 is 2.05 bits per heavy atom. The van der Waals surface area contributed by atoms with E-state index in [1.807, 2.05) is 0 Å². The molecule has 2 atom stereocenters. The Balaban J connectivity index is 2.16. The summed E-state index contributed by atoms with van der Waals surface area (Å²) in [6.07, 6.45) is 4.20. The first-order chi connectivity index (χ1) is 26.6. The quantitative estimate of drug-likeness (QED) is 0.0880. The maximum atomic E-state index is 16.4. The van der Waals surface area contributed by atoms with Gasteiger partial charge >= 0.3 is 23.9 Å². The number of anilines is 1. The summed E-state index contributed by atoms with van der Waals surface area (Å²) in [6.45, 7) is 17.0. The van der Waals surface area contributed by atoms with Crippen LogP contribution in [-0.4, -0.2) is 80.0 Å². The van der Waals surface area contributed by atoms with Crippen molar-refractivity contribution in [1.29, 1.82) is 0 Å². The summed E-state index contributed by atoms with van der Waals surface area (Å²) in [5.41, 5.74) is -1.47. The van der Waals surface area contributed by atoms with E-state index in [1.165, 1.54) is 19.2 Å². The van der Waals surface area contributed by atoms with Crippen LogP contribution in [0.3, 0.4) is 0 Å². The molecule has 0 aliphatic heterocycles. The lowest BCUT2D eigenvalue weighted by molar-refractivity contribution is -0.217. The highest BCUT2D eigenvalue weighted by Crippen LogP contribution is 2.66. The summed E-state index contributed by atoms with van der Waals surface area (Å²) in [7, 11) is 1.26. The molecule has 1 heterocycles. The van der Waals surface area contributed by atoms with E-state index >= 15 is 4.39 Å². The highest BCUT2D eigenvalue weighted by molar-refractivity contribution is 5.99. The zero-order valence-electron chi connectivity index (χ0n) is 35.2. The summed E-state index contributed by atoms with van der Waals surface area (Å²) in [5, 5.41) is 21.0. The number of carbonyl (C=O) groups is 5. The molecule has 314 valence electrons. The van der Waals surface area contributed by atoms with Crippen molar-refractivity contribution in [2.75, 3.05) is 18.5 Å². The summed E-state index contributed by atoms with van der Waals surface area (Å²) in [5.74, 6) is -3.92. The van der Waals surface area contributed by atoms with Crippen LogP contribution in [0.15, 0.2) is 41.2 Å². The summed E-state index contributed by atoms with van der Waals surface area (Å²) in [4.78, 5) is 89.0. The molecule has 15 heteroatoms. The average molecular weight is 806 g/mol. The van der Waals surface area contributed by atoms with Crippen LogP contribution in [0.25, 0.3) is 10.9 Å². The number of rotatable bonds is 14. The number of aryl methyl sites for hydroxylation is 1. The van der Waals surface area contributed by atoms with Gasteiger partial charge in [-0.1, -0.05) is 74.3 Å². The van der Waals surface area contributed by atoms with Crippen LogP contribution in [0.4, 0.5) is 10.1 Å². The molecule has 3 rings (SSSR count). The molecule has 58 heavy (non-hydrogen) atoms. The van der Waals surface area contributed by atoms with E-state index in [2.05, 4.69) is 15.9 Å². The van der Waals surface area contributed by atoms with E-state index in [-0.39, 0.29) is 25.1 Å². The van der Waals surface area contributed by atoms with Crippen molar-refractivity contribution in [2.24, 2.45) is 27.4 Å². The van der Waals surface area contributed by atoms with Crippen LogP contribution in [0.1, 0.15) is 103 Å². The summed E-state index contributed by atoms with van der Waals surface area (Å²) < 4.78 is 21.6. The number of aromatic amines is 1. The van der Waals surface area contributed by atoms with Gasteiger partial charge in [0.25, 0.3) is 11.5 Å². The molecule has 3 aromatic rings. The number of H-pyrrole nitrogens is 1. The van der Waals surface area contributed by atoms with Gasteiger partial charge in [-0.2, -0.15) is 0 Å². The van der Waals surface area contributed by atoms with E-state index in [0.29, 0.717) is 28.0 Å². The number of hydrogen-bond donors (Lipinski definition) is 4. The number of nitrogens with one attached hydrogen (secondary N) is 1. The Labute approximate surface area is 338 Å². The first-order valence-corrected chi connectivity index (χ1v) is 18.8. The molecule has 0 radical (unpaired) electrons. The maximum absolute atomic E-state index is 16.4. The number of likely N-dealkylation sites (N-methyl/N-ethyl adjacent to an activating group) is 1. The Bertz CT molecular complexity index is 2180. The third-order valence-corrected chi connectivity index (χ3v) is 11.1. The minimum atomic E-state index is -2.30. The Kier molecular flexibility index (Phi) is 13.8. The topological polar surface area (TPSA) is 213 Å². The van der Waals surface area contributed by atoms with Crippen LogP contribution in [0, 0.1) is 46.7 Å². The molecule has 0 bridgehead atoms. The number of carbonyl (C=O) groups excluding carboxylic acids is 3. The SMILES string of the molecule is C#CCN(Cc1ccc2nc(C)[nH]c(=O)c2c1)c1ccc(C(=O)N(C)[C@@](C(=O)O)(C(C)(C)C)C(CC(=O)OC(=O)CC[C@H](N)C(=O)O)(C(C)(C)C)C(C)(C)C)c(F)c1. The number of amides is 1. The van der Waals surface area contributed by atoms with E-state index in [1.54, 1.807) is 92.3 Å². The van der Waals surface area contributed by atoms with Gasteiger partial charge in [0, 0.05) is 31.1 Å². The number of terminal acetylenes is 1. The number of aromatic nitrogens is 2. The van der Waals surface area contributed by atoms with Crippen molar-refractivity contribution in [3.63, 3.8) is 0 Å². The van der Waals surface area contributed by atoms with Gasteiger partial charge in [0.2, 0.25) is 0 Å². The van der Waals surface area contributed by atoms with E-state index < -0.39 is 87.2 Å². The number of esters is 2. The van der Waals surface area contributed by atoms with Crippen molar-refractivity contribution in [2.45, 2.75) is 107 Å². The number of nitrogens with zero attached hydrogens (tertiary/aromatic N) is 3. The minimum absolute atomic E-state index is 0.0317. The second-order valence-electron chi connectivity index (χ2n) is 17.8. The molecule has 14 nitrogen and oxygen atoms in total. The zero-order valence-corrected chi connectivity index (χ0v) is 35.2. The molecule has 0 fully saturated rings. The molecule has 0 aliphatic carbocycles. The fourth-order valence-corrected chi connectivity index (χ4v) is 8.95. The van der Waals surface area contributed by atoms with E-state index in [4.69, 9.17) is 22.0 Å². The second-order valence-corrected chi connectivity index (χ2v) is 17.8. The zero-order chi connectivity index (χ0) is 44.3. The normalized spacial score (nSPS) is 13.9. The fourth-order valence-electron chi connectivity index (χ4n) is 8.95. The van der Waals surface area contributed by atoms with Crippen molar-refractivity contribution in [3.05, 3.63) is 69.5 Å². The number of carboxylic acids is 2. The minimum Gasteiger partial charge on any atom is -0.480 e. The molecule has 0 saturated carbocycles. The van der Waals surface area contributed by atoms with Gasteiger partial charge in [-0.3, -0.25) is 24.0 Å². The monoisotopic (exact) mass is 805 g/mol. The lowest BCUT2D eigenvalue weighted by Crippen LogP contribution is -2.77. The highest BCUT2D eigenvalue weighted by atomic mass is 19.1. The Morgan fingerprint density at radius 2 is 1.55 bits per heavy atom. The largest absolute Gasteiger partial charge is 0.480 e. The Hall–Kier alpha value is -5.62. The molecule has 1 amide bonds. The number of benzene rings is 2. The standard InChI is InChI=1S/C43H56FN5O9/c1-13-20-49(24-26-14-18-32-29(21-26)35(52)47-25(2)46-32)27-15-16-28(30(44)22-27)36(53)48(12)43(38(56)57,41(9,10)11)42(39(3,4)5,40(6,7)8)23-34(51)58-33(50)19-17-31(45)37(54)55/h1,14-16,18,21-22,31H,17,19-20,23-24,45H2,2-12H3,(H,54,55)(H,56,57)(H,46,47,52)/t31-,43-/m0/s1. The number of halogens is 1. The van der Waals surface area contributed by atoms with Crippen molar-refractivity contribution in [3.8, 4) is 12.3 Å². The van der Waals surface area contributed by atoms with Gasteiger partial charge in [0.1, 0.15) is 17.7 Å². The molecule has 2 aromatic carbocycles. The first-order valence-electron chi connectivity index (χ1n) is 18.8. The summed E-state index contributed by atoms with van der Waals surface area (Å²) in [6, 6.07) is 7.62. The van der Waals surface area contributed by atoms with Gasteiger partial charge in [-0.15, -0.1) is 6.42 Å². The van der Waals surface area contributed by atoms with Crippen molar-refractivity contribution in [1.82, 2.24) is 14.9 Å². The molecule has 1 aromatic heterocycles. The van der Waals surface area contributed by atoms with Crippen molar-refractivity contribution >= 4 is 46.4 Å². The van der Waals surface area contributed by atoms with Crippen LogP contribution in [-0.2, 0) is 30.5 Å². The third kappa shape index (κ3) is 8.92. The van der Waals surface area contributed by atoms with Gasteiger partial charge in [-0.25, -0.2) is 14.2 Å². The van der Waals surface area contributed by atoms with Crippen LogP contribution < -0.4 is 16.2 Å². The number of aliphatic carboxylic acids is 2. The molecular weight excluding hydrogens is 749 g/mol. The van der Waals surface area contributed by atoms with E-state index in [9.17, 15) is 33.9 Å². The average Bonchev–Trinajstić information content (AvgIpc) is 3.08. The predicted molar refractivity (Wildman–Crippen MR) is 217 cm³/mol. The number of ether oxygens (including phenoxy) is 1. The fraction of sp³-hybridized carbons (Fsp3) is 0.512. The van der Waals surface area contributed by atoms with Gasteiger partial charge in [0.05, 0.1) is 29.4 Å². The number of nitrogens with two attached hydrogens (primary N) is 1. The third-order valence-electron chi connectivity index (χ3n) is 11.1. The second kappa shape index (κ2) is 17.1. The lowest BCUT2D eigenvalue weighted by Gasteiger charge is -2.67.